The van der Waals surface area contributed by atoms with Gasteiger partial charge in [-0.1, -0.05) is 0 Å². The van der Waals surface area contributed by atoms with E-state index in [1.165, 1.54) is 6.26 Å². The smallest absolute Gasteiger partial charge is 0.147 e. The highest BCUT2D eigenvalue weighted by Gasteiger charge is 2.12. The van der Waals surface area contributed by atoms with Gasteiger partial charge in [0.15, 0.2) is 0 Å². The number of rotatable bonds is 5. The molecule has 5 heteroatoms. The molecule has 1 saturated heterocycles. The molecule has 1 aliphatic heterocycles. The highest BCUT2D eigenvalue weighted by molar-refractivity contribution is 7.90. The first-order valence-corrected chi connectivity index (χ1v) is 7.14. The Labute approximate surface area is 85.9 Å². The van der Waals surface area contributed by atoms with Gasteiger partial charge >= 0.3 is 0 Å². The van der Waals surface area contributed by atoms with E-state index in [0.29, 0.717) is 13.0 Å². The van der Waals surface area contributed by atoms with Gasteiger partial charge in [-0.2, -0.15) is 0 Å². The summed E-state index contributed by atoms with van der Waals surface area (Å²) in [5, 5.41) is 3.25. The Hall–Kier alpha value is -0.130. The molecule has 1 N–H and O–H groups in total. The molecule has 0 radical (unpaired) electrons. The lowest BCUT2D eigenvalue weighted by Gasteiger charge is -2.22. The highest BCUT2D eigenvalue weighted by atomic mass is 32.2. The van der Waals surface area contributed by atoms with Gasteiger partial charge in [0, 0.05) is 19.4 Å². The van der Waals surface area contributed by atoms with Gasteiger partial charge < -0.3 is 10.1 Å². The summed E-state index contributed by atoms with van der Waals surface area (Å²) in [5.74, 6) is 0.229. The van der Waals surface area contributed by atoms with Crippen LogP contribution in [-0.2, 0) is 14.6 Å². The molecule has 0 aromatic rings. The van der Waals surface area contributed by atoms with Gasteiger partial charge in [0.1, 0.15) is 9.84 Å². The third-order valence-electron chi connectivity index (χ3n) is 2.26. The highest BCUT2D eigenvalue weighted by Crippen LogP contribution is 2.06. The van der Waals surface area contributed by atoms with E-state index in [-0.39, 0.29) is 11.9 Å². The summed E-state index contributed by atoms with van der Waals surface area (Å²) in [4.78, 5) is 0. The van der Waals surface area contributed by atoms with Crippen molar-refractivity contribution in [1.29, 1.82) is 0 Å². The van der Waals surface area contributed by atoms with E-state index in [9.17, 15) is 8.42 Å². The number of nitrogens with one attached hydrogen (secondary N) is 1. The Balaban J connectivity index is 2.03. The molecule has 0 bridgehead atoms. The normalized spacial score (nSPS) is 23.6. The van der Waals surface area contributed by atoms with Crippen molar-refractivity contribution in [1.82, 2.24) is 5.32 Å². The minimum Gasteiger partial charge on any atom is -0.377 e. The van der Waals surface area contributed by atoms with Crippen molar-refractivity contribution < 1.29 is 13.2 Å². The van der Waals surface area contributed by atoms with Crippen molar-refractivity contribution in [3.63, 3.8) is 0 Å². The fourth-order valence-corrected chi connectivity index (χ4v) is 2.18. The second-order valence-corrected chi connectivity index (χ2v) is 6.08. The van der Waals surface area contributed by atoms with Gasteiger partial charge in [-0.15, -0.1) is 0 Å². The number of ether oxygens (including phenoxy) is 1. The Bertz CT molecular complexity index is 245. The molecule has 0 amide bonds. The van der Waals surface area contributed by atoms with Crippen LogP contribution in [0.3, 0.4) is 0 Å². The largest absolute Gasteiger partial charge is 0.377 e. The lowest BCUT2D eigenvalue weighted by molar-refractivity contribution is 0.0378. The fraction of sp³-hybridized carbons (Fsp3) is 1.00. The second-order valence-electron chi connectivity index (χ2n) is 3.82. The van der Waals surface area contributed by atoms with Gasteiger partial charge in [-0.25, -0.2) is 8.42 Å². The zero-order chi connectivity index (χ0) is 10.4. The zero-order valence-corrected chi connectivity index (χ0v) is 9.48. The van der Waals surface area contributed by atoms with Crippen LogP contribution in [0.4, 0.5) is 0 Å². The first-order chi connectivity index (χ1) is 6.58. The monoisotopic (exact) mass is 221 g/mol. The Morgan fingerprint density at radius 1 is 1.50 bits per heavy atom. The number of piperidine rings is 1. The van der Waals surface area contributed by atoms with Crippen LogP contribution < -0.4 is 5.32 Å². The molecule has 4 nitrogen and oxygen atoms in total. The fourth-order valence-electron chi connectivity index (χ4n) is 1.53. The van der Waals surface area contributed by atoms with Gasteiger partial charge in [0.25, 0.3) is 0 Å². The van der Waals surface area contributed by atoms with E-state index < -0.39 is 9.84 Å². The summed E-state index contributed by atoms with van der Waals surface area (Å²) in [6, 6.07) is 0. The SMILES string of the molecule is CS(=O)(=O)CCCO[C@H]1CCCNC1. The molecule has 1 rings (SSSR count). The van der Waals surface area contributed by atoms with Crippen LogP contribution in [0.5, 0.6) is 0 Å². The zero-order valence-electron chi connectivity index (χ0n) is 8.66. The van der Waals surface area contributed by atoms with Gasteiger partial charge in [-0.05, 0) is 25.8 Å². The summed E-state index contributed by atoms with van der Waals surface area (Å²) in [7, 11) is -2.82. The van der Waals surface area contributed by atoms with Crippen LogP contribution in [0, 0.1) is 0 Å². The molecule has 1 atom stereocenters. The molecule has 0 aromatic carbocycles. The van der Waals surface area contributed by atoms with Crippen molar-refractivity contribution in [2.24, 2.45) is 0 Å². The Morgan fingerprint density at radius 2 is 2.29 bits per heavy atom. The molecule has 1 fully saturated rings. The van der Waals surface area contributed by atoms with Crippen LogP contribution >= 0.6 is 0 Å². The molecule has 0 saturated carbocycles. The van der Waals surface area contributed by atoms with Crippen LogP contribution in [-0.4, -0.2) is 46.2 Å². The second kappa shape index (κ2) is 5.68. The summed E-state index contributed by atoms with van der Waals surface area (Å²) < 4.78 is 27.2. The average Bonchev–Trinajstić information content (AvgIpc) is 2.13. The Morgan fingerprint density at radius 3 is 2.86 bits per heavy atom. The molecule has 0 spiro atoms. The van der Waals surface area contributed by atoms with E-state index in [1.807, 2.05) is 0 Å². The first kappa shape index (κ1) is 11.9. The van der Waals surface area contributed by atoms with Crippen LogP contribution in [0.2, 0.25) is 0 Å². The topological polar surface area (TPSA) is 55.4 Å². The van der Waals surface area contributed by atoms with Gasteiger partial charge in [0.2, 0.25) is 0 Å². The number of hydrogen-bond donors (Lipinski definition) is 1. The summed E-state index contributed by atoms with van der Waals surface area (Å²) in [6.45, 7) is 2.53. The molecule has 0 aliphatic carbocycles. The molecule has 84 valence electrons. The quantitative estimate of drug-likeness (QED) is 0.673. The van der Waals surface area contributed by atoms with E-state index in [1.54, 1.807) is 0 Å². The van der Waals surface area contributed by atoms with E-state index in [0.717, 1.165) is 25.9 Å². The maximum Gasteiger partial charge on any atom is 0.147 e. The predicted molar refractivity (Wildman–Crippen MR) is 56.2 cm³/mol. The van der Waals surface area contributed by atoms with E-state index >= 15 is 0 Å². The third kappa shape index (κ3) is 5.57. The molecular formula is C9H19NO3S. The maximum absolute atomic E-state index is 10.8. The van der Waals surface area contributed by atoms with Crippen molar-refractivity contribution >= 4 is 9.84 Å². The van der Waals surface area contributed by atoms with Crippen molar-refractivity contribution in [3.8, 4) is 0 Å². The summed E-state index contributed by atoms with van der Waals surface area (Å²) in [5.41, 5.74) is 0. The van der Waals surface area contributed by atoms with Gasteiger partial charge in [0.05, 0.1) is 11.9 Å². The Kier molecular flexibility index (Phi) is 4.84. The maximum atomic E-state index is 10.8. The van der Waals surface area contributed by atoms with Crippen molar-refractivity contribution in [2.75, 3.05) is 31.7 Å². The van der Waals surface area contributed by atoms with E-state index in [4.69, 9.17) is 4.74 Å². The number of sulfone groups is 1. The minimum atomic E-state index is -2.82. The molecule has 1 aliphatic rings. The van der Waals surface area contributed by atoms with Gasteiger partial charge in [-0.3, -0.25) is 0 Å². The lowest BCUT2D eigenvalue weighted by Crippen LogP contribution is -2.35. The minimum absolute atomic E-state index is 0.229. The standard InChI is InChI=1S/C9H19NO3S/c1-14(11,12)7-3-6-13-9-4-2-5-10-8-9/h9-10H,2-8H2,1H3/t9-/m0/s1. The molecule has 0 aromatic heterocycles. The average molecular weight is 221 g/mol. The molecule has 1 heterocycles. The first-order valence-electron chi connectivity index (χ1n) is 5.08. The predicted octanol–water partition coefficient (Wildman–Crippen LogP) is 0.190. The molecular weight excluding hydrogens is 202 g/mol. The van der Waals surface area contributed by atoms with Crippen molar-refractivity contribution in [2.45, 2.75) is 25.4 Å². The summed E-state index contributed by atoms with van der Waals surface area (Å²) in [6.07, 6.45) is 4.39. The van der Waals surface area contributed by atoms with Crippen LogP contribution in [0.1, 0.15) is 19.3 Å². The molecule has 14 heavy (non-hydrogen) atoms. The summed E-state index contributed by atoms with van der Waals surface area (Å²) >= 11 is 0. The van der Waals surface area contributed by atoms with E-state index in [2.05, 4.69) is 5.32 Å². The van der Waals surface area contributed by atoms with Crippen LogP contribution in [0.25, 0.3) is 0 Å². The lowest BCUT2D eigenvalue weighted by atomic mass is 10.1. The van der Waals surface area contributed by atoms with Crippen molar-refractivity contribution in [3.05, 3.63) is 0 Å². The number of hydrogen-bond acceptors (Lipinski definition) is 4. The molecule has 0 unspecified atom stereocenters. The van der Waals surface area contributed by atoms with Crippen LogP contribution in [0.15, 0.2) is 0 Å². The third-order valence-corrected chi connectivity index (χ3v) is 3.29.